The fraction of sp³-hybridized carbons (Fsp3) is 0.208. The zero-order valence-electron chi connectivity index (χ0n) is 18.7. The number of rotatable bonds is 8. The van der Waals surface area contributed by atoms with Crippen LogP contribution >= 0.6 is 11.3 Å². The van der Waals surface area contributed by atoms with Crippen molar-refractivity contribution in [3.63, 3.8) is 0 Å². The molecule has 1 amide bonds. The van der Waals surface area contributed by atoms with Crippen LogP contribution in [0, 0.1) is 6.92 Å². The number of carbonyl (C=O) groups is 1. The minimum atomic E-state index is -0.685. The molecule has 0 spiro atoms. The van der Waals surface area contributed by atoms with E-state index in [1.165, 1.54) is 11.3 Å². The number of benzene rings is 2. The van der Waals surface area contributed by atoms with E-state index >= 15 is 0 Å². The summed E-state index contributed by atoms with van der Waals surface area (Å²) < 4.78 is 18.1. The number of para-hydroxylation sites is 1. The molecular formula is C24H24N4O4S. The summed E-state index contributed by atoms with van der Waals surface area (Å²) in [4.78, 5) is 17.5. The average molecular weight is 465 g/mol. The van der Waals surface area contributed by atoms with E-state index in [0.717, 1.165) is 17.0 Å². The van der Waals surface area contributed by atoms with Crippen molar-refractivity contribution in [2.75, 3.05) is 19.5 Å². The molecule has 0 bridgehead atoms. The van der Waals surface area contributed by atoms with Gasteiger partial charge in [-0.05, 0) is 44.2 Å². The summed E-state index contributed by atoms with van der Waals surface area (Å²) in [7, 11) is 3.19. The third-order valence-electron chi connectivity index (χ3n) is 4.86. The maximum Gasteiger partial charge on any atom is 0.266 e. The highest BCUT2D eigenvalue weighted by Gasteiger charge is 2.19. The molecule has 4 aromatic rings. The molecule has 0 aliphatic rings. The van der Waals surface area contributed by atoms with E-state index in [2.05, 4.69) is 10.4 Å². The molecule has 2 heterocycles. The summed E-state index contributed by atoms with van der Waals surface area (Å²) in [5, 5.41) is 9.96. The van der Waals surface area contributed by atoms with Crippen LogP contribution < -0.4 is 19.5 Å². The van der Waals surface area contributed by atoms with Crippen molar-refractivity contribution >= 4 is 23.1 Å². The molecule has 8 nitrogen and oxygen atoms in total. The Balaban J connectivity index is 1.54. The number of amides is 1. The fourth-order valence-electron chi connectivity index (χ4n) is 3.21. The van der Waals surface area contributed by atoms with Gasteiger partial charge >= 0.3 is 0 Å². The predicted molar refractivity (Wildman–Crippen MR) is 128 cm³/mol. The summed E-state index contributed by atoms with van der Waals surface area (Å²) in [5.74, 6) is 2.14. The number of anilines is 1. The van der Waals surface area contributed by atoms with Crippen molar-refractivity contribution in [2.45, 2.75) is 20.0 Å². The largest absolute Gasteiger partial charge is 0.493 e. The van der Waals surface area contributed by atoms with Gasteiger partial charge in [-0.2, -0.15) is 9.78 Å². The van der Waals surface area contributed by atoms with E-state index in [-0.39, 0.29) is 5.91 Å². The average Bonchev–Trinajstić information content (AvgIpc) is 3.45. The molecule has 1 unspecified atom stereocenters. The van der Waals surface area contributed by atoms with Crippen molar-refractivity contribution in [3.05, 3.63) is 65.7 Å². The minimum absolute atomic E-state index is 0.281. The molecule has 0 fully saturated rings. The van der Waals surface area contributed by atoms with Gasteiger partial charge in [0.2, 0.25) is 5.13 Å². The highest BCUT2D eigenvalue weighted by atomic mass is 32.1. The molecule has 2 aromatic heterocycles. The van der Waals surface area contributed by atoms with Gasteiger partial charge in [0.05, 0.1) is 25.6 Å². The summed E-state index contributed by atoms with van der Waals surface area (Å²) >= 11 is 1.42. The maximum atomic E-state index is 12.7. The second kappa shape index (κ2) is 9.74. The molecule has 170 valence electrons. The van der Waals surface area contributed by atoms with Gasteiger partial charge in [0.15, 0.2) is 17.6 Å². The third-order valence-corrected chi connectivity index (χ3v) is 5.68. The first-order chi connectivity index (χ1) is 16.0. The molecule has 1 atom stereocenters. The van der Waals surface area contributed by atoms with Crippen LogP contribution in [0.2, 0.25) is 0 Å². The van der Waals surface area contributed by atoms with Gasteiger partial charge in [-0.25, -0.2) is 4.98 Å². The van der Waals surface area contributed by atoms with Crippen LogP contribution in [0.25, 0.3) is 16.4 Å². The number of nitrogens with one attached hydrogen (secondary N) is 1. The first-order valence-corrected chi connectivity index (χ1v) is 11.1. The highest BCUT2D eigenvalue weighted by molar-refractivity contribution is 7.12. The lowest BCUT2D eigenvalue weighted by atomic mass is 10.1. The Labute approximate surface area is 195 Å². The standard InChI is InChI=1S/C24H24N4O4S/c1-15-12-22(26-23(29)16(2)32-18-8-6-5-7-9-18)28(27-15)24-25-19(14-33-24)17-10-11-20(30-3)21(13-17)31-4/h5-14,16H,1-4H3,(H,26,29). The van der Waals surface area contributed by atoms with Crippen molar-refractivity contribution in [2.24, 2.45) is 0 Å². The van der Waals surface area contributed by atoms with Crippen molar-refractivity contribution in [1.82, 2.24) is 14.8 Å². The molecule has 0 aliphatic carbocycles. The van der Waals surface area contributed by atoms with E-state index in [0.29, 0.717) is 28.2 Å². The molecule has 2 aromatic carbocycles. The molecule has 0 saturated heterocycles. The normalized spacial score (nSPS) is 11.6. The molecule has 33 heavy (non-hydrogen) atoms. The molecule has 4 rings (SSSR count). The number of aromatic nitrogens is 3. The van der Waals surface area contributed by atoms with Gasteiger partial charge in [0, 0.05) is 17.0 Å². The Hall–Kier alpha value is -3.85. The first-order valence-electron chi connectivity index (χ1n) is 10.3. The number of hydrogen-bond acceptors (Lipinski definition) is 7. The maximum absolute atomic E-state index is 12.7. The number of hydrogen-bond donors (Lipinski definition) is 1. The lowest BCUT2D eigenvalue weighted by Crippen LogP contribution is -2.30. The summed E-state index contributed by atoms with van der Waals surface area (Å²) in [6, 6.07) is 16.6. The second-order valence-electron chi connectivity index (χ2n) is 7.23. The van der Waals surface area contributed by atoms with Crippen LogP contribution in [0.1, 0.15) is 12.6 Å². The number of methoxy groups -OCH3 is 2. The number of thiazole rings is 1. The van der Waals surface area contributed by atoms with Gasteiger partial charge in [0.1, 0.15) is 11.6 Å². The lowest BCUT2D eigenvalue weighted by molar-refractivity contribution is -0.122. The van der Waals surface area contributed by atoms with Gasteiger partial charge in [-0.15, -0.1) is 11.3 Å². The van der Waals surface area contributed by atoms with Crippen LogP contribution in [0.3, 0.4) is 0 Å². The summed E-state index contributed by atoms with van der Waals surface area (Å²) in [5.41, 5.74) is 2.40. The Morgan fingerprint density at radius 1 is 1.06 bits per heavy atom. The van der Waals surface area contributed by atoms with Crippen molar-refractivity contribution < 1.29 is 19.0 Å². The number of nitrogens with zero attached hydrogens (tertiary/aromatic N) is 3. The third kappa shape index (κ3) is 4.98. The second-order valence-corrected chi connectivity index (χ2v) is 8.07. The van der Waals surface area contributed by atoms with Crippen LogP contribution in [0.5, 0.6) is 17.2 Å². The van der Waals surface area contributed by atoms with Crippen molar-refractivity contribution in [3.8, 4) is 33.6 Å². The topological polar surface area (TPSA) is 87.5 Å². The van der Waals surface area contributed by atoms with Crippen LogP contribution in [-0.4, -0.2) is 41.0 Å². The minimum Gasteiger partial charge on any atom is -0.493 e. The summed E-state index contributed by atoms with van der Waals surface area (Å²) in [6.07, 6.45) is -0.685. The summed E-state index contributed by atoms with van der Waals surface area (Å²) in [6.45, 7) is 3.56. The molecule has 0 saturated carbocycles. The van der Waals surface area contributed by atoms with Crippen LogP contribution in [0.15, 0.2) is 60.0 Å². The number of aryl methyl sites for hydroxylation is 1. The monoisotopic (exact) mass is 464 g/mol. The first kappa shape index (κ1) is 22.3. The van der Waals surface area contributed by atoms with Crippen molar-refractivity contribution in [1.29, 1.82) is 0 Å². The number of carbonyl (C=O) groups excluding carboxylic acids is 1. The molecule has 0 aliphatic heterocycles. The molecular weight excluding hydrogens is 440 g/mol. The van der Waals surface area contributed by atoms with Gasteiger partial charge in [0.25, 0.3) is 5.91 Å². The molecule has 9 heteroatoms. The lowest BCUT2D eigenvalue weighted by Gasteiger charge is -2.14. The molecule has 0 radical (unpaired) electrons. The van der Waals surface area contributed by atoms with E-state index in [4.69, 9.17) is 19.2 Å². The van der Waals surface area contributed by atoms with E-state index in [9.17, 15) is 4.79 Å². The van der Waals surface area contributed by atoms with Gasteiger partial charge in [-0.1, -0.05) is 18.2 Å². The predicted octanol–water partition coefficient (Wildman–Crippen LogP) is 4.73. The number of ether oxygens (including phenoxy) is 3. The van der Waals surface area contributed by atoms with Gasteiger partial charge < -0.3 is 19.5 Å². The quantitative estimate of drug-likeness (QED) is 0.406. The van der Waals surface area contributed by atoms with Gasteiger partial charge in [-0.3, -0.25) is 4.79 Å². The fourth-order valence-corrected chi connectivity index (χ4v) is 4.00. The van der Waals surface area contributed by atoms with E-state index in [1.54, 1.807) is 31.9 Å². The Morgan fingerprint density at radius 3 is 2.55 bits per heavy atom. The zero-order chi connectivity index (χ0) is 23.4. The Kier molecular flexibility index (Phi) is 6.60. The van der Waals surface area contributed by atoms with Crippen LogP contribution in [-0.2, 0) is 4.79 Å². The van der Waals surface area contributed by atoms with E-state index in [1.807, 2.05) is 60.8 Å². The highest BCUT2D eigenvalue weighted by Crippen LogP contribution is 2.33. The molecule has 1 N–H and O–H groups in total. The Morgan fingerprint density at radius 2 is 1.82 bits per heavy atom. The smallest absolute Gasteiger partial charge is 0.266 e. The SMILES string of the molecule is COc1ccc(-c2csc(-n3nc(C)cc3NC(=O)C(C)Oc3ccccc3)n2)cc1OC. The van der Waals surface area contributed by atoms with Crippen LogP contribution in [0.4, 0.5) is 5.82 Å². The Bertz CT molecular complexity index is 1250. The van der Waals surface area contributed by atoms with E-state index < -0.39 is 6.10 Å². The zero-order valence-corrected chi connectivity index (χ0v) is 19.6.